The van der Waals surface area contributed by atoms with Crippen LogP contribution < -0.4 is 5.32 Å². The number of aliphatic hydroxyl groups is 2. The number of esters is 1. The Morgan fingerprint density at radius 1 is 0.545 bits per heavy atom. The van der Waals surface area contributed by atoms with E-state index < -0.39 is 18.2 Å². The first-order chi connectivity index (χ1) is 27.0. The number of aliphatic hydroxyl groups excluding tert-OH is 2. The first-order valence-corrected chi connectivity index (χ1v) is 23.1. The quantitative estimate of drug-likeness (QED) is 0.0328. The van der Waals surface area contributed by atoms with E-state index >= 15 is 0 Å². The van der Waals surface area contributed by atoms with Crippen LogP contribution >= 0.6 is 0 Å². The molecule has 1 amide bonds. The molecule has 0 fully saturated rings. The van der Waals surface area contributed by atoms with Crippen molar-refractivity contribution in [2.45, 2.75) is 232 Å². The van der Waals surface area contributed by atoms with Gasteiger partial charge in [0.25, 0.3) is 0 Å². The molecular weight excluding hydrogens is 683 g/mol. The van der Waals surface area contributed by atoms with Crippen molar-refractivity contribution in [2.75, 3.05) is 6.61 Å². The third kappa shape index (κ3) is 38.2. The van der Waals surface area contributed by atoms with Gasteiger partial charge in [0.2, 0.25) is 5.91 Å². The zero-order valence-electron chi connectivity index (χ0n) is 36.0. The lowest BCUT2D eigenvalue weighted by Gasteiger charge is -2.24. The highest BCUT2D eigenvalue weighted by molar-refractivity contribution is 5.77. The Kier molecular flexibility index (Phi) is 40.8. The van der Waals surface area contributed by atoms with E-state index in [1.165, 1.54) is 109 Å². The van der Waals surface area contributed by atoms with E-state index in [0.29, 0.717) is 19.3 Å². The summed E-state index contributed by atoms with van der Waals surface area (Å²) in [5.74, 6) is -0.548. The number of amides is 1. The van der Waals surface area contributed by atoms with Crippen LogP contribution in [0.2, 0.25) is 0 Å². The molecule has 0 aliphatic heterocycles. The number of ether oxygens (including phenoxy) is 1. The maximum Gasteiger partial charge on any atom is 0.306 e. The van der Waals surface area contributed by atoms with Gasteiger partial charge in [0.1, 0.15) is 6.10 Å². The van der Waals surface area contributed by atoms with Gasteiger partial charge in [-0.3, -0.25) is 9.59 Å². The average molecular weight is 770 g/mol. The van der Waals surface area contributed by atoms with Gasteiger partial charge in [-0.25, -0.2) is 0 Å². The molecule has 0 bridgehead atoms. The minimum Gasteiger partial charge on any atom is -0.462 e. The summed E-state index contributed by atoms with van der Waals surface area (Å²) in [6.07, 6.45) is 51.4. The van der Waals surface area contributed by atoms with Gasteiger partial charge >= 0.3 is 5.97 Å². The summed E-state index contributed by atoms with van der Waals surface area (Å²) in [6, 6.07) is -0.722. The largest absolute Gasteiger partial charge is 0.462 e. The van der Waals surface area contributed by atoms with Crippen LogP contribution in [-0.4, -0.2) is 46.9 Å². The van der Waals surface area contributed by atoms with E-state index in [-0.39, 0.29) is 24.9 Å². The Balaban J connectivity index is 4.69. The van der Waals surface area contributed by atoms with Crippen LogP contribution in [0, 0.1) is 0 Å². The van der Waals surface area contributed by atoms with Crippen LogP contribution in [-0.2, 0) is 14.3 Å². The second-order valence-corrected chi connectivity index (χ2v) is 15.6. The molecule has 0 aliphatic carbocycles. The predicted molar refractivity (Wildman–Crippen MR) is 236 cm³/mol. The van der Waals surface area contributed by atoms with E-state index in [2.05, 4.69) is 38.2 Å². The Labute approximate surface area is 339 Å². The van der Waals surface area contributed by atoms with Crippen LogP contribution in [0.1, 0.15) is 213 Å². The number of hydrogen-bond donors (Lipinski definition) is 3. The van der Waals surface area contributed by atoms with E-state index in [1.807, 2.05) is 48.6 Å². The molecule has 0 aromatic heterocycles. The lowest BCUT2D eigenvalue weighted by molar-refractivity contribution is -0.151. The molecule has 0 aliphatic rings. The molecule has 0 spiro atoms. The van der Waals surface area contributed by atoms with Crippen molar-refractivity contribution in [1.82, 2.24) is 5.32 Å². The van der Waals surface area contributed by atoms with Gasteiger partial charge in [0.05, 0.1) is 25.2 Å². The van der Waals surface area contributed by atoms with E-state index in [1.54, 1.807) is 0 Å². The molecule has 3 atom stereocenters. The first-order valence-electron chi connectivity index (χ1n) is 23.1. The number of unbranched alkanes of at least 4 members (excludes halogenated alkanes) is 22. The number of hydrogen-bond acceptors (Lipinski definition) is 5. The lowest BCUT2D eigenvalue weighted by Crippen LogP contribution is -2.46. The maximum absolute atomic E-state index is 13.1. The SMILES string of the molecule is CC/C=C/C=C/C=C\C=C/C=C/CCCC(CC(=O)NC(CO)C(O)CCCCCCCCCCCCCCC)OC(=O)CCCCCCCCCCCC. The van der Waals surface area contributed by atoms with Crippen molar-refractivity contribution >= 4 is 11.9 Å². The molecule has 0 aromatic rings. The Morgan fingerprint density at radius 3 is 1.45 bits per heavy atom. The van der Waals surface area contributed by atoms with Gasteiger partial charge in [-0.1, -0.05) is 223 Å². The number of rotatable bonds is 40. The second-order valence-electron chi connectivity index (χ2n) is 15.6. The molecule has 0 heterocycles. The first kappa shape index (κ1) is 52.6. The van der Waals surface area contributed by atoms with Crippen LogP contribution in [0.15, 0.2) is 60.8 Å². The molecule has 0 radical (unpaired) electrons. The van der Waals surface area contributed by atoms with Crippen LogP contribution in [0.25, 0.3) is 0 Å². The van der Waals surface area contributed by atoms with Gasteiger partial charge in [-0.2, -0.15) is 0 Å². The van der Waals surface area contributed by atoms with Crippen molar-refractivity contribution in [1.29, 1.82) is 0 Å². The molecule has 0 saturated carbocycles. The maximum atomic E-state index is 13.1. The van der Waals surface area contributed by atoms with E-state index in [0.717, 1.165) is 57.8 Å². The Bertz CT molecular complexity index is 999. The molecule has 3 unspecified atom stereocenters. The molecule has 0 rings (SSSR count). The third-order valence-electron chi connectivity index (χ3n) is 10.2. The summed E-state index contributed by atoms with van der Waals surface area (Å²) in [7, 11) is 0. The molecule has 6 nitrogen and oxygen atoms in total. The Hall–Kier alpha value is -2.44. The van der Waals surface area contributed by atoms with Crippen molar-refractivity contribution in [3.05, 3.63) is 60.8 Å². The number of carbonyl (C=O) groups is 2. The highest BCUT2D eigenvalue weighted by Crippen LogP contribution is 2.17. The summed E-state index contributed by atoms with van der Waals surface area (Å²) in [5, 5.41) is 23.6. The molecule has 0 saturated heterocycles. The number of nitrogens with one attached hydrogen (secondary N) is 1. The minimum absolute atomic E-state index is 0.0289. The molecule has 55 heavy (non-hydrogen) atoms. The molecular formula is C49H87NO5. The summed E-state index contributed by atoms with van der Waals surface area (Å²) in [4.78, 5) is 25.9. The summed E-state index contributed by atoms with van der Waals surface area (Å²) < 4.78 is 5.86. The topological polar surface area (TPSA) is 95.9 Å². The summed E-state index contributed by atoms with van der Waals surface area (Å²) in [5.41, 5.74) is 0. The fourth-order valence-corrected chi connectivity index (χ4v) is 6.75. The minimum atomic E-state index is -0.805. The number of allylic oxidation sites excluding steroid dienone is 10. The lowest BCUT2D eigenvalue weighted by atomic mass is 10.0. The van der Waals surface area contributed by atoms with Crippen molar-refractivity contribution in [3.8, 4) is 0 Å². The van der Waals surface area contributed by atoms with Crippen LogP contribution in [0.3, 0.4) is 0 Å². The van der Waals surface area contributed by atoms with Gasteiger partial charge in [0, 0.05) is 6.42 Å². The van der Waals surface area contributed by atoms with Gasteiger partial charge in [-0.05, 0) is 38.5 Å². The summed E-state index contributed by atoms with van der Waals surface area (Å²) >= 11 is 0. The summed E-state index contributed by atoms with van der Waals surface area (Å²) in [6.45, 7) is 6.29. The highest BCUT2D eigenvalue weighted by atomic mass is 16.5. The molecule has 3 N–H and O–H groups in total. The third-order valence-corrected chi connectivity index (χ3v) is 10.2. The van der Waals surface area contributed by atoms with Gasteiger partial charge in [0.15, 0.2) is 0 Å². The van der Waals surface area contributed by atoms with Crippen molar-refractivity contribution < 1.29 is 24.5 Å². The van der Waals surface area contributed by atoms with Crippen molar-refractivity contribution in [2.24, 2.45) is 0 Å². The molecule has 0 aromatic carbocycles. The zero-order chi connectivity index (χ0) is 40.3. The zero-order valence-corrected chi connectivity index (χ0v) is 36.0. The monoisotopic (exact) mass is 770 g/mol. The normalized spacial score (nSPS) is 13.9. The van der Waals surface area contributed by atoms with E-state index in [4.69, 9.17) is 4.74 Å². The fourth-order valence-electron chi connectivity index (χ4n) is 6.75. The number of carbonyl (C=O) groups excluding carboxylic acids is 2. The van der Waals surface area contributed by atoms with Crippen LogP contribution in [0.5, 0.6) is 0 Å². The predicted octanol–water partition coefficient (Wildman–Crippen LogP) is 13.3. The molecule has 6 heteroatoms. The average Bonchev–Trinajstić information content (AvgIpc) is 3.18. The van der Waals surface area contributed by atoms with Gasteiger partial charge < -0.3 is 20.3 Å². The fraction of sp³-hybridized carbons (Fsp3) is 0.755. The second kappa shape index (κ2) is 42.7. The standard InChI is InChI=1S/C49H87NO5/c1-4-7-10-13-16-19-22-24-26-28-31-34-37-40-45(55-49(54)42-39-36-33-30-21-18-15-12-9-6-3)43-48(53)50-46(44-51)47(52)41-38-35-32-29-27-25-23-20-17-14-11-8-5-2/h7,10,13,16,19,22,24,26,28,31,45-47,51-52H,4-6,8-9,11-12,14-15,17-18,20-21,23,25,27,29-30,32-44H2,1-3H3,(H,50,53)/b10-7+,16-13+,22-19-,26-24-,31-28+. The van der Waals surface area contributed by atoms with E-state index in [9.17, 15) is 19.8 Å². The Morgan fingerprint density at radius 2 is 0.982 bits per heavy atom. The highest BCUT2D eigenvalue weighted by Gasteiger charge is 2.24. The van der Waals surface area contributed by atoms with Crippen LogP contribution in [0.4, 0.5) is 0 Å². The van der Waals surface area contributed by atoms with Gasteiger partial charge in [-0.15, -0.1) is 0 Å². The van der Waals surface area contributed by atoms with Crippen molar-refractivity contribution in [3.63, 3.8) is 0 Å². The molecule has 318 valence electrons. The smallest absolute Gasteiger partial charge is 0.306 e.